The topological polar surface area (TPSA) is 24.5 Å². The molecule has 0 radical (unpaired) electrons. The Hall–Kier alpha value is -1.06. The minimum Gasteiger partial charge on any atom is -0.497 e. The molecule has 1 aromatic carbocycles. The molecule has 0 bridgehead atoms. The quantitative estimate of drug-likeness (QED) is 0.851. The monoisotopic (exact) mass is 262 g/mol. The molecule has 2 rings (SSSR count). The number of nitrogens with zero attached hydrogens (tertiary/aromatic N) is 1. The van der Waals surface area contributed by atoms with Crippen LogP contribution in [0.3, 0.4) is 0 Å². The van der Waals surface area contributed by atoms with E-state index in [0.29, 0.717) is 12.1 Å². The molecule has 1 aliphatic heterocycles. The third kappa shape index (κ3) is 3.95. The van der Waals surface area contributed by atoms with E-state index in [4.69, 9.17) is 4.74 Å². The summed E-state index contributed by atoms with van der Waals surface area (Å²) in [6, 6.07) is 9.78. The van der Waals surface area contributed by atoms with E-state index in [1.54, 1.807) is 7.11 Å². The first kappa shape index (κ1) is 14.4. The van der Waals surface area contributed by atoms with Crippen molar-refractivity contribution in [2.75, 3.05) is 27.2 Å². The highest BCUT2D eigenvalue weighted by Crippen LogP contribution is 2.16. The van der Waals surface area contributed by atoms with Crippen LogP contribution in [-0.2, 0) is 6.42 Å². The van der Waals surface area contributed by atoms with Gasteiger partial charge in [-0.25, -0.2) is 0 Å². The van der Waals surface area contributed by atoms with E-state index in [2.05, 4.69) is 36.3 Å². The second-order valence-corrected chi connectivity index (χ2v) is 5.55. The molecule has 0 aromatic heterocycles. The summed E-state index contributed by atoms with van der Waals surface area (Å²) in [5.74, 6) is 0.936. The van der Waals surface area contributed by atoms with Crippen molar-refractivity contribution in [1.29, 1.82) is 0 Å². The third-order valence-electron chi connectivity index (χ3n) is 4.32. The Balaban J connectivity index is 1.79. The molecule has 106 valence electrons. The van der Waals surface area contributed by atoms with Crippen molar-refractivity contribution >= 4 is 0 Å². The van der Waals surface area contributed by atoms with Crippen molar-refractivity contribution in [1.82, 2.24) is 10.2 Å². The van der Waals surface area contributed by atoms with E-state index < -0.39 is 0 Å². The normalized spacial score (nSPS) is 20.7. The summed E-state index contributed by atoms with van der Waals surface area (Å²) in [5, 5.41) is 3.44. The van der Waals surface area contributed by atoms with E-state index in [1.165, 1.54) is 24.9 Å². The Labute approximate surface area is 116 Å². The fraction of sp³-hybridized carbons (Fsp3) is 0.625. The Kier molecular flexibility index (Phi) is 5.23. The smallest absolute Gasteiger partial charge is 0.118 e. The molecule has 1 heterocycles. The number of likely N-dealkylation sites (N-methyl/N-ethyl adjacent to an activating group) is 1. The summed E-state index contributed by atoms with van der Waals surface area (Å²) in [7, 11) is 3.97. The van der Waals surface area contributed by atoms with Crippen LogP contribution in [0.25, 0.3) is 0 Å². The highest BCUT2D eigenvalue weighted by molar-refractivity contribution is 5.27. The lowest BCUT2D eigenvalue weighted by atomic mass is 10.0. The highest BCUT2D eigenvalue weighted by atomic mass is 16.5. The molecule has 1 saturated heterocycles. The predicted molar refractivity (Wildman–Crippen MR) is 79.8 cm³/mol. The van der Waals surface area contributed by atoms with Crippen LogP contribution >= 0.6 is 0 Å². The van der Waals surface area contributed by atoms with Crippen molar-refractivity contribution in [3.8, 4) is 5.75 Å². The van der Waals surface area contributed by atoms with Gasteiger partial charge in [-0.15, -0.1) is 0 Å². The number of methoxy groups -OCH3 is 1. The summed E-state index contributed by atoms with van der Waals surface area (Å²) in [4.78, 5) is 2.53. The molecule has 3 heteroatoms. The first-order valence-electron chi connectivity index (χ1n) is 7.26. The molecule has 1 fully saturated rings. The Bertz CT molecular complexity index is 371. The van der Waals surface area contributed by atoms with Crippen molar-refractivity contribution in [3.63, 3.8) is 0 Å². The van der Waals surface area contributed by atoms with Crippen LogP contribution < -0.4 is 10.1 Å². The number of nitrogens with one attached hydrogen (secondary N) is 1. The Morgan fingerprint density at radius 1 is 1.37 bits per heavy atom. The predicted octanol–water partition coefficient (Wildman–Crippen LogP) is 2.31. The molecule has 2 atom stereocenters. The van der Waals surface area contributed by atoms with Gasteiger partial charge in [0.1, 0.15) is 5.75 Å². The van der Waals surface area contributed by atoms with Gasteiger partial charge in [0, 0.05) is 18.6 Å². The maximum Gasteiger partial charge on any atom is 0.118 e. The lowest BCUT2D eigenvalue weighted by Crippen LogP contribution is -2.40. The molecule has 2 unspecified atom stereocenters. The standard InChI is InChI=1S/C16H26N2O/c1-13(18(2)15-10-11-17-12-15)4-5-14-6-8-16(19-3)9-7-14/h6-9,13,15,17H,4-5,10-12H2,1-3H3. The fourth-order valence-corrected chi connectivity index (χ4v) is 2.72. The van der Waals surface area contributed by atoms with Gasteiger partial charge in [0.05, 0.1) is 7.11 Å². The number of aryl methyl sites for hydroxylation is 1. The van der Waals surface area contributed by atoms with Crippen molar-refractivity contribution in [3.05, 3.63) is 29.8 Å². The van der Waals surface area contributed by atoms with Gasteiger partial charge in [-0.05, 0) is 57.5 Å². The fourth-order valence-electron chi connectivity index (χ4n) is 2.72. The molecule has 1 aliphatic rings. The molecule has 0 aliphatic carbocycles. The second-order valence-electron chi connectivity index (χ2n) is 5.55. The number of hydrogen-bond acceptors (Lipinski definition) is 3. The van der Waals surface area contributed by atoms with Gasteiger partial charge in [-0.2, -0.15) is 0 Å². The van der Waals surface area contributed by atoms with E-state index in [-0.39, 0.29) is 0 Å². The summed E-state index contributed by atoms with van der Waals surface area (Å²) >= 11 is 0. The first-order valence-corrected chi connectivity index (χ1v) is 7.26. The molecular weight excluding hydrogens is 236 g/mol. The minimum absolute atomic E-state index is 0.631. The van der Waals surface area contributed by atoms with E-state index in [0.717, 1.165) is 18.7 Å². The lowest BCUT2D eigenvalue weighted by molar-refractivity contribution is 0.187. The average Bonchev–Trinajstić information content (AvgIpc) is 2.98. The van der Waals surface area contributed by atoms with Crippen molar-refractivity contribution < 1.29 is 4.74 Å². The zero-order valence-electron chi connectivity index (χ0n) is 12.4. The molecule has 3 nitrogen and oxygen atoms in total. The molecule has 0 spiro atoms. The van der Waals surface area contributed by atoms with Gasteiger partial charge in [0.25, 0.3) is 0 Å². The number of hydrogen-bond donors (Lipinski definition) is 1. The largest absolute Gasteiger partial charge is 0.497 e. The van der Waals surface area contributed by atoms with E-state index >= 15 is 0 Å². The van der Waals surface area contributed by atoms with Crippen LogP contribution in [0.1, 0.15) is 25.3 Å². The van der Waals surface area contributed by atoms with Crippen LogP contribution in [0.15, 0.2) is 24.3 Å². The molecule has 19 heavy (non-hydrogen) atoms. The molecule has 0 amide bonds. The van der Waals surface area contributed by atoms with Crippen LogP contribution in [0, 0.1) is 0 Å². The van der Waals surface area contributed by atoms with Crippen LogP contribution in [0.5, 0.6) is 5.75 Å². The van der Waals surface area contributed by atoms with Gasteiger partial charge < -0.3 is 10.1 Å². The average molecular weight is 262 g/mol. The van der Waals surface area contributed by atoms with Crippen LogP contribution in [0.2, 0.25) is 0 Å². The lowest BCUT2D eigenvalue weighted by Gasteiger charge is -2.30. The van der Waals surface area contributed by atoms with Gasteiger partial charge in [0.2, 0.25) is 0 Å². The Morgan fingerprint density at radius 2 is 2.11 bits per heavy atom. The number of rotatable bonds is 6. The third-order valence-corrected chi connectivity index (χ3v) is 4.32. The maximum atomic E-state index is 5.19. The number of benzene rings is 1. The molecule has 0 saturated carbocycles. The first-order chi connectivity index (χ1) is 9.20. The van der Waals surface area contributed by atoms with E-state index in [9.17, 15) is 0 Å². The SMILES string of the molecule is COc1ccc(CCC(C)N(C)C2CCNC2)cc1. The zero-order chi connectivity index (χ0) is 13.7. The van der Waals surface area contributed by atoms with E-state index in [1.807, 2.05) is 12.1 Å². The summed E-state index contributed by atoms with van der Waals surface area (Å²) in [6.45, 7) is 4.64. The van der Waals surface area contributed by atoms with Crippen molar-refractivity contribution in [2.45, 2.75) is 38.3 Å². The Morgan fingerprint density at radius 3 is 2.68 bits per heavy atom. The van der Waals surface area contributed by atoms with Crippen molar-refractivity contribution in [2.24, 2.45) is 0 Å². The second kappa shape index (κ2) is 6.92. The van der Waals surface area contributed by atoms with Crippen LogP contribution in [0.4, 0.5) is 0 Å². The van der Waals surface area contributed by atoms with Crippen LogP contribution in [-0.4, -0.2) is 44.2 Å². The number of ether oxygens (including phenoxy) is 1. The van der Waals surface area contributed by atoms with Gasteiger partial charge in [-0.1, -0.05) is 12.1 Å². The summed E-state index contributed by atoms with van der Waals surface area (Å²) in [5.41, 5.74) is 1.39. The van der Waals surface area contributed by atoms with Gasteiger partial charge in [0.15, 0.2) is 0 Å². The zero-order valence-corrected chi connectivity index (χ0v) is 12.4. The van der Waals surface area contributed by atoms with Gasteiger partial charge >= 0.3 is 0 Å². The molecular formula is C16H26N2O. The molecule has 1 N–H and O–H groups in total. The summed E-state index contributed by atoms with van der Waals surface area (Å²) < 4.78 is 5.19. The molecule has 1 aromatic rings. The summed E-state index contributed by atoms with van der Waals surface area (Å²) in [6.07, 6.45) is 3.62. The highest BCUT2D eigenvalue weighted by Gasteiger charge is 2.22. The van der Waals surface area contributed by atoms with Gasteiger partial charge in [-0.3, -0.25) is 4.90 Å². The maximum absolute atomic E-state index is 5.19. The minimum atomic E-state index is 0.631.